The molecule has 2 aliphatic heterocycles. The lowest BCUT2D eigenvalue weighted by molar-refractivity contribution is -0.366. The Hall–Kier alpha value is -4.63. The molecule has 2 aromatic carbocycles. The number of nitrogens with one attached hydrogen (secondary N) is 1. The molecular weight excluding hydrogens is 851 g/mol. The fourth-order valence-electron chi connectivity index (χ4n) is 10.8. The number of rotatable bonds is 12. The van der Waals surface area contributed by atoms with Crippen LogP contribution in [0, 0.1) is 16.7 Å². The molecule has 2 saturated heterocycles. The summed E-state index contributed by atoms with van der Waals surface area (Å²) in [5.74, 6) is -6.06. The molecule has 65 heavy (non-hydrogen) atoms. The highest BCUT2D eigenvalue weighted by Gasteiger charge is 2.78. The first-order chi connectivity index (χ1) is 30.6. The molecule has 3 aliphatic carbocycles. The van der Waals surface area contributed by atoms with Gasteiger partial charge in [0.1, 0.15) is 48.3 Å². The minimum Gasteiger partial charge on any atom is -0.456 e. The standard InChI is InChI=1S/C47H59NO17/c1-7-14-31(51)48-33(25-15-10-8-11-16-25)36(54)42(58)62-28-20-47(59)40(64-41(57)26-17-12-9-13-18-26)38-45(6,39(56)35(53)32(23(28)2)44(47,4)5)29(19-30-46(38,22-61-30)65-24(3)49)63-43-37(55)34(52)27(50)21-60-43/h8-13,15-18,27-30,33-38,40,43,50,52-55,59H,7,14,19-22H2,1-6H3,(H,48,51). The molecule has 2 heterocycles. The molecule has 2 bridgehead atoms. The quantitative estimate of drug-likeness (QED) is 0.0893. The molecule has 5 aliphatic rings. The molecule has 0 aromatic heterocycles. The highest BCUT2D eigenvalue weighted by atomic mass is 16.7. The zero-order valence-corrected chi connectivity index (χ0v) is 37.1. The molecule has 4 fully saturated rings. The first-order valence-corrected chi connectivity index (χ1v) is 21.9. The van der Waals surface area contributed by atoms with Crippen LogP contribution in [0.1, 0.15) is 89.2 Å². The van der Waals surface area contributed by atoms with E-state index in [1.807, 2.05) is 0 Å². The number of aliphatic hydroxyl groups excluding tert-OH is 5. The van der Waals surface area contributed by atoms with Crippen LogP contribution in [-0.2, 0) is 47.6 Å². The lowest BCUT2D eigenvalue weighted by Gasteiger charge is -2.68. The van der Waals surface area contributed by atoms with E-state index in [-0.39, 0.29) is 36.2 Å². The van der Waals surface area contributed by atoms with E-state index in [0.717, 1.165) is 6.92 Å². The molecule has 18 nitrogen and oxygen atoms in total. The molecule has 15 unspecified atom stereocenters. The van der Waals surface area contributed by atoms with Gasteiger partial charge in [0.15, 0.2) is 23.8 Å². The number of carbonyl (C=O) groups excluding carboxylic acids is 5. The summed E-state index contributed by atoms with van der Waals surface area (Å²) in [6.07, 6.45) is -17.0. The third-order valence-electron chi connectivity index (χ3n) is 14.4. The Balaban J connectivity index is 1.39. The smallest absolute Gasteiger partial charge is 0.338 e. The first-order valence-electron chi connectivity index (χ1n) is 21.9. The number of carbonyl (C=O) groups is 5. The summed E-state index contributed by atoms with van der Waals surface area (Å²) < 4.78 is 36.6. The van der Waals surface area contributed by atoms with E-state index in [0.29, 0.717) is 12.0 Å². The van der Waals surface area contributed by atoms with E-state index in [9.17, 15) is 49.8 Å². The van der Waals surface area contributed by atoms with Crippen LogP contribution in [0.25, 0.3) is 0 Å². The molecule has 1 amide bonds. The maximum atomic E-state index is 15.6. The van der Waals surface area contributed by atoms with Gasteiger partial charge in [0, 0.05) is 31.6 Å². The van der Waals surface area contributed by atoms with Gasteiger partial charge < -0.3 is 64.4 Å². The van der Waals surface area contributed by atoms with Gasteiger partial charge in [-0.1, -0.05) is 69.3 Å². The number of ether oxygens (including phenoxy) is 6. The summed E-state index contributed by atoms with van der Waals surface area (Å²) >= 11 is 0. The second-order valence-corrected chi connectivity index (χ2v) is 18.6. The molecule has 2 saturated carbocycles. The van der Waals surface area contributed by atoms with Gasteiger partial charge in [0.2, 0.25) is 5.91 Å². The summed E-state index contributed by atoms with van der Waals surface area (Å²) in [6, 6.07) is 14.7. The van der Waals surface area contributed by atoms with Crippen molar-refractivity contribution in [1.82, 2.24) is 5.32 Å². The van der Waals surface area contributed by atoms with Crippen LogP contribution in [-0.4, -0.2) is 146 Å². The third-order valence-corrected chi connectivity index (χ3v) is 14.4. The van der Waals surface area contributed by atoms with Gasteiger partial charge in [0.25, 0.3) is 0 Å². The van der Waals surface area contributed by atoms with E-state index in [1.165, 1.54) is 39.8 Å². The van der Waals surface area contributed by atoms with Gasteiger partial charge in [-0.2, -0.15) is 0 Å². The van der Waals surface area contributed by atoms with Crippen molar-refractivity contribution < 1.29 is 83.0 Å². The number of esters is 3. The number of benzene rings is 2. The van der Waals surface area contributed by atoms with Gasteiger partial charge in [-0.25, -0.2) is 9.59 Å². The molecule has 2 aromatic rings. The van der Waals surface area contributed by atoms with Crippen molar-refractivity contribution in [2.24, 2.45) is 16.7 Å². The maximum absolute atomic E-state index is 15.6. The number of aliphatic hydroxyl groups is 6. The Morgan fingerprint density at radius 2 is 1.57 bits per heavy atom. The zero-order valence-electron chi connectivity index (χ0n) is 37.1. The van der Waals surface area contributed by atoms with Crippen LogP contribution in [0.15, 0.2) is 71.8 Å². The SMILES string of the molecule is CCCC(=O)NC(c1ccccc1)C(O)C(=O)OC1CC2(O)C(OC(=O)c3ccccc3)C3C4(OC(C)=O)COC4CC(OC4OCC(O)C(O)C4O)C3(C)C(=O)C(O)C(=C1C)C2(C)C. The zero-order chi connectivity index (χ0) is 47.4. The normalized spacial score (nSPS) is 37.1. The maximum Gasteiger partial charge on any atom is 0.338 e. The van der Waals surface area contributed by atoms with Crippen LogP contribution >= 0.6 is 0 Å². The van der Waals surface area contributed by atoms with Gasteiger partial charge >= 0.3 is 17.9 Å². The van der Waals surface area contributed by atoms with Crippen LogP contribution < -0.4 is 5.32 Å². The lowest BCUT2D eigenvalue weighted by Crippen LogP contribution is -2.82. The minimum atomic E-state index is -2.44. The summed E-state index contributed by atoms with van der Waals surface area (Å²) in [4.78, 5) is 70.3. The van der Waals surface area contributed by atoms with Crippen molar-refractivity contribution in [3.8, 4) is 0 Å². The Bertz CT molecular complexity index is 2170. The van der Waals surface area contributed by atoms with Crippen LogP contribution in [0.2, 0.25) is 0 Å². The number of hydrogen-bond acceptors (Lipinski definition) is 17. The fraction of sp³-hybridized carbons (Fsp3) is 0.596. The average molecular weight is 910 g/mol. The van der Waals surface area contributed by atoms with Gasteiger partial charge in [0.05, 0.1) is 42.3 Å². The second-order valence-electron chi connectivity index (χ2n) is 18.6. The molecular formula is C47H59NO17. The van der Waals surface area contributed by atoms with E-state index >= 15 is 4.79 Å². The summed E-state index contributed by atoms with van der Waals surface area (Å²) in [5, 5.41) is 72.5. The second kappa shape index (κ2) is 18.2. The Kier molecular flexibility index (Phi) is 13.5. The Morgan fingerprint density at radius 3 is 2.17 bits per heavy atom. The van der Waals surface area contributed by atoms with Crippen LogP contribution in [0.3, 0.4) is 0 Å². The molecule has 0 spiro atoms. The average Bonchev–Trinajstić information content (AvgIpc) is 3.26. The molecule has 15 atom stereocenters. The number of hydrogen-bond donors (Lipinski definition) is 7. The molecule has 0 radical (unpaired) electrons. The highest BCUT2D eigenvalue weighted by molar-refractivity contribution is 5.94. The summed E-state index contributed by atoms with van der Waals surface area (Å²) in [6.45, 7) is 8.03. The number of ketones is 1. The van der Waals surface area contributed by atoms with Gasteiger partial charge in [-0.3, -0.25) is 14.4 Å². The van der Waals surface area contributed by atoms with Crippen molar-refractivity contribution in [3.05, 3.63) is 82.9 Å². The molecule has 7 rings (SSSR count). The van der Waals surface area contributed by atoms with Crippen molar-refractivity contribution in [3.63, 3.8) is 0 Å². The number of Topliss-reactive ketones (excluding diaryl/α,β-unsaturated/α-hetero) is 1. The number of fused-ring (bicyclic) bond motifs is 5. The van der Waals surface area contributed by atoms with Gasteiger partial charge in [-0.15, -0.1) is 0 Å². The Labute approximate surface area is 375 Å². The van der Waals surface area contributed by atoms with E-state index < -0.39 is 138 Å². The first kappa shape index (κ1) is 48.3. The lowest BCUT2D eigenvalue weighted by atomic mass is 9.44. The molecule has 7 N–H and O–H groups in total. The predicted octanol–water partition coefficient (Wildman–Crippen LogP) is 1.11. The monoisotopic (exact) mass is 909 g/mol. The van der Waals surface area contributed by atoms with E-state index in [2.05, 4.69) is 5.32 Å². The van der Waals surface area contributed by atoms with Crippen molar-refractivity contribution in [2.45, 2.75) is 146 Å². The van der Waals surface area contributed by atoms with Crippen molar-refractivity contribution in [2.75, 3.05) is 13.2 Å². The van der Waals surface area contributed by atoms with E-state index in [4.69, 9.17) is 28.4 Å². The molecule has 354 valence electrons. The number of amides is 1. The van der Waals surface area contributed by atoms with Crippen LogP contribution in [0.4, 0.5) is 0 Å². The van der Waals surface area contributed by atoms with Crippen LogP contribution in [0.5, 0.6) is 0 Å². The molecule has 18 heteroatoms. The summed E-state index contributed by atoms with van der Waals surface area (Å²) in [5.41, 5.74) is -7.70. The largest absolute Gasteiger partial charge is 0.456 e. The van der Waals surface area contributed by atoms with E-state index in [1.54, 1.807) is 55.5 Å². The minimum absolute atomic E-state index is 0.0350. The van der Waals surface area contributed by atoms with Crippen molar-refractivity contribution in [1.29, 1.82) is 0 Å². The Morgan fingerprint density at radius 1 is 0.923 bits per heavy atom. The third kappa shape index (κ3) is 8.20. The van der Waals surface area contributed by atoms with Gasteiger partial charge in [-0.05, 0) is 49.1 Å². The fourth-order valence-corrected chi connectivity index (χ4v) is 10.8. The predicted molar refractivity (Wildman–Crippen MR) is 224 cm³/mol. The highest BCUT2D eigenvalue weighted by Crippen LogP contribution is 2.65. The summed E-state index contributed by atoms with van der Waals surface area (Å²) in [7, 11) is 0. The van der Waals surface area contributed by atoms with Crippen molar-refractivity contribution >= 4 is 29.6 Å². The topological polar surface area (TPSA) is 274 Å².